The summed E-state index contributed by atoms with van der Waals surface area (Å²) in [6.07, 6.45) is 2.91. The van der Waals surface area contributed by atoms with Crippen LogP contribution in [0.1, 0.15) is 59.4 Å². The third-order valence-electron chi connectivity index (χ3n) is 12.0. The van der Waals surface area contributed by atoms with Gasteiger partial charge in [-0.15, -0.1) is 0 Å². The number of likely N-dealkylation sites (tertiary alicyclic amines) is 1. The molecule has 3 aliphatic rings. The maximum atomic E-state index is 13.7. The van der Waals surface area contributed by atoms with Crippen LogP contribution in [0.3, 0.4) is 0 Å². The molecule has 3 fully saturated rings. The Morgan fingerprint density at radius 1 is 0.773 bits per heavy atom. The quantitative estimate of drug-likeness (QED) is 0.100. The van der Waals surface area contributed by atoms with Gasteiger partial charge in [0.05, 0.1) is 32.6 Å². The highest BCUT2D eigenvalue weighted by Gasteiger charge is 2.35. The number of para-hydroxylation sites is 1. The number of imide groups is 1. The summed E-state index contributed by atoms with van der Waals surface area (Å²) in [5.74, 6) is -1.81. The molecule has 5 heterocycles. The first-order valence-corrected chi connectivity index (χ1v) is 22.5. The molecule has 0 saturated carbocycles. The molecule has 3 aromatic carbocycles. The summed E-state index contributed by atoms with van der Waals surface area (Å²) in [4.78, 5) is 87.1. The number of rotatable bonds is 13. The number of anilines is 3. The number of nitrogens with zero attached hydrogens (tertiary/aromatic N) is 6. The molecule has 19 heteroatoms. The molecule has 0 spiro atoms. The van der Waals surface area contributed by atoms with Crippen LogP contribution < -0.4 is 26.2 Å². The number of nitrogens with one attached hydrogen (secondary N) is 4. The molecule has 342 valence electrons. The zero-order valence-electron chi connectivity index (χ0n) is 35.8. The lowest BCUT2D eigenvalue weighted by molar-refractivity contribution is -0.139. The molecule has 3 saturated heterocycles. The molecule has 0 radical (unpaired) electrons. The lowest BCUT2D eigenvalue weighted by Crippen LogP contribution is -2.52. The van der Waals surface area contributed by atoms with Crippen molar-refractivity contribution < 1.29 is 33.9 Å². The van der Waals surface area contributed by atoms with E-state index < -0.39 is 23.5 Å². The van der Waals surface area contributed by atoms with Crippen LogP contribution in [-0.2, 0) is 19.2 Å². The SMILES string of the molecule is O=C1CCC(Nc2ccc(N3CCN(C(=O)CCC(=O)N4CCC(O)(CNC(=O)c5cc(NC(=O)c6cc(-c7ccccn7)c(Cl)cc6Cl)n(-c6ccccc6)n5)CC4)CC3)cc2)C(=O)N1. The number of hydrogen-bond acceptors (Lipinski definition) is 11. The minimum atomic E-state index is -1.29. The third kappa shape index (κ3) is 10.8. The second-order valence-corrected chi connectivity index (χ2v) is 17.3. The van der Waals surface area contributed by atoms with Gasteiger partial charge < -0.3 is 35.8 Å². The summed E-state index contributed by atoms with van der Waals surface area (Å²) in [6.45, 7) is 2.70. The van der Waals surface area contributed by atoms with Crippen LogP contribution in [0.5, 0.6) is 0 Å². The Balaban J connectivity index is 0.797. The predicted molar refractivity (Wildman–Crippen MR) is 249 cm³/mol. The molecule has 1 unspecified atom stereocenters. The van der Waals surface area contributed by atoms with Gasteiger partial charge in [-0.1, -0.05) is 47.5 Å². The predicted octanol–water partition coefficient (Wildman–Crippen LogP) is 4.92. The summed E-state index contributed by atoms with van der Waals surface area (Å²) in [5.41, 5.74) is 2.24. The molecule has 5 aromatic rings. The Morgan fingerprint density at radius 3 is 2.12 bits per heavy atom. The fourth-order valence-electron chi connectivity index (χ4n) is 8.20. The van der Waals surface area contributed by atoms with Crippen molar-refractivity contribution in [3.8, 4) is 16.9 Å². The van der Waals surface area contributed by atoms with Gasteiger partial charge in [0, 0.05) is 94.3 Å². The molecule has 2 aromatic heterocycles. The normalized spacial score (nSPS) is 17.2. The molecule has 8 rings (SSSR count). The highest BCUT2D eigenvalue weighted by atomic mass is 35.5. The van der Waals surface area contributed by atoms with Crippen LogP contribution in [0.4, 0.5) is 17.2 Å². The van der Waals surface area contributed by atoms with E-state index in [2.05, 4.69) is 36.2 Å². The number of pyridine rings is 1. The summed E-state index contributed by atoms with van der Waals surface area (Å²) in [7, 11) is 0. The maximum Gasteiger partial charge on any atom is 0.271 e. The largest absolute Gasteiger partial charge is 0.388 e. The lowest BCUT2D eigenvalue weighted by atomic mass is 9.91. The first-order valence-electron chi connectivity index (χ1n) is 21.7. The average Bonchev–Trinajstić information content (AvgIpc) is 3.75. The molecule has 5 N–H and O–H groups in total. The zero-order chi connectivity index (χ0) is 46.4. The van der Waals surface area contributed by atoms with Gasteiger partial charge in [-0.25, -0.2) is 4.68 Å². The van der Waals surface area contributed by atoms with E-state index in [0.717, 1.165) is 11.4 Å². The number of piperazine rings is 1. The molecule has 0 bridgehead atoms. The minimum Gasteiger partial charge on any atom is -0.388 e. The van der Waals surface area contributed by atoms with E-state index in [0.29, 0.717) is 61.0 Å². The number of piperidine rings is 2. The van der Waals surface area contributed by atoms with Gasteiger partial charge >= 0.3 is 0 Å². The molecule has 6 amide bonds. The van der Waals surface area contributed by atoms with Crippen LogP contribution in [0.15, 0.2) is 97.2 Å². The van der Waals surface area contributed by atoms with E-state index in [4.69, 9.17) is 23.2 Å². The van der Waals surface area contributed by atoms with Gasteiger partial charge in [-0.05, 0) is 79.9 Å². The number of benzene rings is 3. The first-order chi connectivity index (χ1) is 31.8. The summed E-state index contributed by atoms with van der Waals surface area (Å²) < 4.78 is 1.42. The molecule has 3 aliphatic heterocycles. The minimum absolute atomic E-state index is 0.0111. The summed E-state index contributed by atoms with van der Waals surface area (Å²) in [5, 5.41) is 27.5. The fraction of sp³-hybridized carbons (Fsp3) is 0.319. The van der Waals surface area contributed by atoms with Crippen LogP contribution >= 0.6 is 23.2 Å². The van der Waals surface area contributed by atoms with Crippen LogP contribution in [0, 0.1) is 0 Å². The standard InChI is InChI=1S/C47H48Cl2N10O7/c48-35-27-36(49)34(26-33(35)37-8-4-5-19-50-37)44(63)53-40-28-39(55-59(40)32-6-2-1-3-7-32)45(64)51-29-47(66)17-20-57(21-18-47)42(61)15-16-43(62)58-24-22-56(23-25-58)31-11-9-30(10-12-31)52-38-13-14-41(60)54-46(38)65/h1-12,19,26-28,38,52,66H,13-18,20-25,29H2,(H,51,64)(H,53,63)(H,54,60,65). The van der Waals surface area contributed by atoms with Gasteiger partial charge in [0.15, 0.2) is 5.69 Å². The van der Waals surface area contributed by atoms with Gasteiger partial charge in [-0.3, -0.25) is 39.1 Å². The van der Waals surface area contributed by atoms with Gasteiger partial charge in [-0.2, -0.15) is 5.10 Å². The van der Waals surface area contributed by atoms with Crippen molar-refractivity contribution in [3.63, 3.8) is 0 Å². The van der Waals surface area contributed by atoms with Crippen LogP contribution in [0.2, 0.25) is 10.0 Å². The third-order valence-corrected chi connectivity index (χ3v) is 12.7. The Labute approximate surface area is 390 Å². The van der Waals surface area contributed by atoms with Crippen molar-refractivity contribution >= 4 is 75.8 Å². The van der Waals surface area contributed by atoms with Crippen molar-refractivity contribution in [2.75, 3.05) is 61.3 Å². The van der Waals surface area contributed by atoms with Crippen molar-refractivity contribution in [2.24, 2.45) is 0 Å². The molecular formula is C47H48Cl2N10O7. The maximum absolute atomic E-state index is 13.7. The van der Waals surface area contributed by atoms with Gasteiger partial charge in [0.25, 0.3) is 11.8 Å². The van der Waals surface area contributed by atoms with Crippen molar-refractivity contribution in [1.29, 1.82) is 0 Å². The molecule has 17 nitrogen and oxygen atoms in total. The number of amides is 6. The van der Waals surface area contributed by atoms with Crippen LogP contribution in [0.25, 0.3) is 16.9 Å². The average molecular weight is 936 g/mol. The molecule has 66 heavy (non-hydrogen) atoms. The van der Waals surface area contributed by atoms with E-state index in [-0.39, 0.29) is 91.0 Å². The number of aliphatic hydroxyl groups is 1. The van der Waals surface area contributed by atoms with Gasteiger partial charge in [0.1, 0.15) is 11.9 Å². The number of carbonyl (C=O) groups excluding carboxylic acids is 6. The zero-order valence-corrected chi connectivity index (χ0v) is 37.4. The van der Waals surface area contributed by atoms with Gasteiger partial charge in [0.2, 0.25) is 23.6 Å². The number of halogens is 2. The Hall–Kier alpha value is -6.82. The number of hydrogen-bond donors (Lipinski definition) is 5. The van der Waals surface area contributed by atoms with Crippen LogP contribution in [-0.4, -0.2) is 123 Å². The molecular weight excluding hydrogens is 887 g/mol. The highest BCUT2D eigenvalue weighted by molar-refractivity contribution is 6.38. The van der Waals surface area contributed by atoms with E-state index >= 15 is 0 Å². The summed E-state index contributed by atoms with van der Waals surface area (Å²) >= 11 is 13.0. The van der Waals surface area contributed by atoms with E-state index in [9.17, 15) is 33.9 Å². The van der Waals surface area contributed by atoms with Crippen molar-refractivity contribution in [2.45, 2.75) is 50.2 Å². The highest BCUT2D eigenvalue weighted by Crippen LogP contribution is 2.33. The fourth-order valence-corrected chi connectivity index (χ4v) is 8.77. The monoisotopic (exact) mass is 934 g/mol. The van der Waals surface area contributed by atoms with E-state index in [1.807, 2.05) is 30.3 Å². The Bertz CT molecular complexity index is 2610. The molecule has 0 aliphatic carbocycles. The lowest BCUT2D eigenvalue weighted by Gasteiger charge is -2.38. The second-order valence-electron chi connectivity index (χ2n) is 16.5. The second kappa shape index (κ2) is 20.1. The topological polar surface area (TPSA) is 211 Å². The van der Waals surface area contributed by atoms with Crippen molar-refractivity contribution in [1.82, 2.24) is 35.2 Å². The smallest absolute Gasteiger partial charge is 0.271 e. The van der Waals surface area contributed by atoms with Crippen molar-refractivity contribution in [3.05, 3.63) is 118 Å². The summed E-state index contributed by atoms with van der Waals surface area (Å²) in [6, 6.07) is 26.0. The first kappa shape index (κ1) is 45.7. The number of carbonyl (C=O) groups is 6. The number of aromatic nitrogens is 3. The van der Waals surface area contributed by atoms with E-state index in [1.165, 1.54) is 16.8 Å². The Morgan fingerprint density at radius 2 is 1.45 bits per heavy atom. The van der Waals surface area contributed by atoms with E-state index in [1.54, 1.807) is 64.5 Å². The molecule has 1 atom stereocenters. The Kier molecular flexibility index (Phi) is 14.0.